The highest BCUT2D eigenvalue weighted by Crippen LogP contribution is 2.41. The van der Waals surface area contributed by atoms with Crippen molar-refractivity contribution >= 4 is 0 Å². The minimum absolute atomic E-state index is 0.361. The van der Waals surface area contributed by atoms with Crippen LogP contribution in [0, 0.1) is 0 Å². The van der Waals surface area contributed by atoms with E-state index in [0.717, 1.165) is 24.5 Å². The Labute approximate surface area is 115 Å². The van der Waals surface area contributed by atoms with Gasteiger partial charge in [-0.3, -0.25) is 0 Å². The molecule has 0 amide bonds. The Balaban J connectivity index is 1.87. The fraction of sp³-hybridized carbons (Fsp3) is 0.625. The summed E-state index contributed by atoms with van der Waals surface area (Å²) in [5, 5.41) is 3.63. The first kappa shape index (κ1) is 12.8. The predicted molar refractivity (Wildman–Crippen MR) is 76.0 cm³/mol. The predicted octanol–water partition coefficient (Wildman–Crippen LogP) is 3.22. The summed E-state index contributed by atoms with van der Waals surface area (Å²) in [6, 6.07) is 4.90. The number of nitrogens with one attached hydrogen (secondary N) is 1. The molecule has 3 nitrogen and oxygen atoms in total. The molecule has 1 aromatic rings. The summed E-state index contributed by atoms with van der Waals surface area (Å²) >= 11 is 0. The number of ether oxygens (including phenoxy) is 2. The van der Waals surface area contributed by atoms with Crippen LogP contribution in [0.15, 0.2) is 12.1 Å². The molecular weight excluding hydrogens is 238 g/mol. The summed E-state index contributed by atoms with van der Waals surface area (Å²) in [5.74, 6) is 2.35. The zero-order valence-corrected chi connectivity index (χ0v) is 11.9. The molecule has 1 unspecified atom stereocenters. The fourth-order valence-corrected chi connectivity index (χ4v) is 3.21. The quantitative estimate of drug-likeness (QED) is 0.906. The molecule has 1 fully saturated rings. The Morgan fingerprint density at radius 3 is 2.89 bits per heavy atom. The Hall–Kier alpha value is -1.22. The largest absolute Gasteiger partial charge is 0.454 e. The Bertz CT molecular complexity index is 450. The van der Waals surface area contributed by atoms with Crippen LogP contribution in [0.2, 0.25) is 0 Å². The van der Waals surface area contributed by atoms with Gasteiger partial charge in [0, 0.05) is 11.6 Å². The van der Waals surface area contributed by atoms with Gasteiger partial charge in [0.15, 0.2) is 11.5 Å². The average Bonchev–Trinajstić information content (AvgIpc) is 2.87. The SMILES string of the molecule is CC(C)c1c(CC2CCCCN2)ccc2c1OCO2. The van der Waals surface area contributed by atoms with Crippen molar-refractivity contribution in [3.05, 3.63) is 23.3 Å². The van der Waals surface area contributed by atoms with Crippen molar-refractivity contribution in [1.82, 2.24) is 5.32 Å². The number of fused-ring (bicyclic) bond motifs is 1. The van der Waals surface area contributed by atoms with Crippen molar-refractivity contribution in [2.24, 2.45) is 0 Å². The molecule has 19 heavy (non-hydrogen) atoms. The molecule has 0 aliphatic carbocycles. The number of hydrogen-bond acceptors (Lipinski definition) is 3. The van der Waals surface area contributed by atoms with Crippen LogP contribution in [-0.4, -0.2) is 19.4 Å². The third-order valence-corrected chi connectivity index (χ3v) is 4.12. The van der Waals surface area contributed by atoms with Crippen molar-refractivity contribution in [2.75, 3.05) is 13.3 Å². The van der Waals surface area contributed by atoms with E-state index >= 15 is 0 Å². The van der Waals surface area contributed by atoms with Gasteiger partial charge in [-0.1, -0.05) is 26.3 Å². The van der Waals surface area contributed by atoms with Gasteiger partial charge in [0.2, 0.25) is 6.79 Å². The van der Waals surface area contributed by atoms with E-state index in [9.17, 15) is 0 Å². The minimum atomic E-state index is 0.361. The Morgan fingerprint density at radius 1 is 1.26 bits per heavy atom. The number of benzene rings is 1. The molecule has 0 radical (unpaired) electrons. The van der Waals surface area contributed by atoms with E-state index in [1.165, 1.54) is 30.4 Å². The maximum Gasteiger partial charge on any atom is 0.231 e. The highest BCUT2D eigenvalue weighted by Gasteiger charge is 2.24. The molecule has 3 heteroatoms. The molecule has 1 saturated heterocycles. The molecule has 0 bridgehead atoms. The third kappa shape index (κ3) is 2.57. The van der Waals surface area contributed by atoms with Gasteiger partial charge >= 0.3 is 0 Å². The molecule has 0 saturated carbocycles. The Morgan fingerprint density at radius 2 is 2.16 bits per heavy atom. The molecule has 104 valence electrons. The summed E-state index contributed by atoms with van der Waals surface area (Å²) < 4.78 is 11.2. The summed E-state index contributed by atoms with van der Waals surface area (Å²) in [4.78, 5) is 0. The van der Waals surface area contributed by atoms with Gasteiger partial charge in [0.25, 0.3) is 0 Å². The molecule has 2 aliphatic rings. The minimum Gasteiger partial charge on any atom is -0.454 e. The van der Waals surface area contributed by atoms with Gasteiger partial charge in [-0.25, -0.2) is 0 Å². The van der Waals surface area contributed by atoms with Gasteiger partial charge in [0.05, 0.1) is 0 Å². The van der Waals surface area contributed by atoms with Crippen molar-refractivity contribution in [2.45, 2.75) is 51.5 Å². The smallest absolute Gasteiger partial charge is 0.231 e. The van der Waals surface area contributed by atoms with Crippen molar-refractivity contribution < 1.29 is 9.47 Å². The molecule has 3 rings (SSSR count). The molecule has 2 aliphatic heterocycles. The van der Waals surface area contributed by atoms with E-state index in [2.05, 4.69) is 31.3 Å². The van der Waals surface area contributed by atoms with Crippen LogP contribution in [0.4, 0.5) is 0 Å². The second-order valence-electron chi connectivity index (χ2n) is 5.88. The standard InChI is InChI=1S/C16H23NO2/c1-11(2)15-12(9-13-5-3-4-8-17-13)6-7-14-16(15)19-10-18-14/h6-7,11,13,17H,3-5,8-10H2,1-2H3. The molecule has 0 spiro atoms. The first-order valence-corrected chi connectivity index (χ1v) is 7.40. The summed E-state index contributed by atoms with van der Waals surface area (Å²) in [6.07, 6.45) is 5.05. The highest BCUT2D eigenvalue weighted by atomic mass is 16.7. The van der Waals surface area contributed by atoms with E-state index in [4.69, 9.17) is 9.47 Å². The van der Waals surface area contributed by atoms with Crippen LogP contribution >= 0.6 is 0 Å². The van der Waals surface area contributed by atoms with Gasteiger partial charge in [-0.15, -0.1) is 0 Å². The van der Waals surface area contributed by atoms with E-state index < -0.39 is 0 Å². The monoisotopic (exact) mass is 261 g/mol. The second kappa shape index (κ2) is 5.41. The van der Waals surface area contributed by atoms with E-state index in [1.807, 2.05) is 0 Å². The second-order valence-corrected chi connectivity index (χ2v) is 5.88. The van der Waals surface area contributed by atoms with Crippen LogP contribution in [0.1, 0.15) is 50.2 Å². The lowest BCUT2D eigenvalue weighted by Crippen LogP contribution is -2.35. The maximum absolute atomic E-state index is 5.68. The van der Waals surface area contributed by atoms with Crippen molar-refractivity contribution in [1.29, 1.82) is 0 Å². The normalized spacial score (nSPS) is 21.9. The third-order valence-electron chi connectivity index (χ3n) is 4.12. The van der Waals surface area contributed by atoms with Crippen molar-refractivity contribution in [3.63, 3.8) is 0 Å². The zero-order chi connectivity index (χ0) is 13.2. The van der Waals surface area contributed by atoms with Gasteiger partial charge in [0.1, 0.15) is 0 Å². The summed E-state index contributed by atoms with van der Waals surface area (Å²) in [6.45, 7) is 5.98. The lowest BCUT2D eigenvalue weighted by atomic mass is 9.89. The van der Waals surface area contributed by atoms with Crippen LogP contribution < -0.4 is 14.8 Å². The first-order valence-electron chi connectivity index (χ1n) is 7.40. The van der Waals surface area contributed by atoms with Crippen LogP contribution in [-0.2, 0) is 6.42 Å². The number of piperidine rings is 1. The fourth-order valence-electron chi connectivity index (χ4n) is 3.21. The van der Waals surface area contributed by atoms with Gasteiger partial charge in [-0.2, -0.15) is 0 Å². The summed E-state index contributed by atoms with van der Waals surface area (Å²) in [5.41, 5.74) is 2.75. The van der Waals surface area contributed by atoms with Gasteiger partial charge < -0.3 is 14.8 Å². The van der Waals surface area contributed by atoms with Crippen molar-refractivity contribution in [3.8, 4) is 11.5 Å². The van der Waals surface area contributed by atoms with Crippen LogP contribution in [0.25, 0.3) is 0 Å². The van der Waals surface area contributed by atoms with Crippen LogP contribution in [0.5, 0.6) is 11.5 Å². The molecule has 1 N–H and O–H groups in total. The molecule has 0 aromatic heterocycles. The van der Waals surface area contributed by atoms with Crippen LogP contribution in [0.3, 0.4) is 0 Å². The highest BCUT2D eigenvalue weighted by molar-refractivity contribution is 5.53. The average molecular weight is 261 g/mol. The summed E-state index contributed by atoms with van der Waals surface area (Å²) in [7, 11) is 0. The zero-order valence-electron chi connectivity index (χ0n) is 11.9. The first-order chi connectivity index (χ1) is 9.25. The Kier molecular flexibility index (Phi) is 3.65. The lowest BCUT2D eigenvalue weighted by molar-refractivity contribution is 0.173. The van der Waals surface area contributed by atoms with E-state index in [-0.39, 0.29) is 0 Å². The molecule has 2 heterocycles. The van der Waals surface area contributed by atoms with Gasteiger partial charge in [-0.05, 0) is 43.4 Å². The number of hydrogen-bond donors (Lipinski definition) is 1. The van der Waals surface area contributed by atoms with E-state index in [0.29, 0.717) is 18.8 Å². The molecule has 1 aromatic carbocycles. The molecule has 1 atom stereocenters. The molecular formula is C16H23NO2. The maximum atomic E-state index is 5.68. The number of rotatable bonds is 3. The topological polar surface area (TPSA) is 30.5 Å². The lowest BCUT2D eigenvalue weighted by Gasteiger charge is -2.25. The van der Waals surface area contributed by atoms with E-state index in [1.54, 1.807) is 0 Å².